The Kier molecular flexibility index (Phi) is 6.51. The minimum Gasteiger partial charge on any atom is -0.381 e. The molecule has 7 heteroatoms. The summed E-state index contributed by atoms with van der Waals surface area (Å²) in [6.45, 7) is 0.326. The standard InChI is InChI=1S/C18H21Cl2FN4/c1-24(2)11-23-18-15(19)7-13(8-16(18)20)22-10-12-5-6-14(25(3)4)9-17(12)21/h5-9,11,22H,10H2,1-4H3. The van der Waals surface area contributed by atoms with E-state index in [1.807, 2.05) is 39.2 Å². The van der Waals surface area contributed by atoms with Crippen molar-refractivity contribution < 1.29 is 4.39 Å². The van der Waals surface area contributed by atoms with Crippen molar-refractivity contribution in [1.82, 2.24) is 4.90 Å². The molecule has 2 rings (SSSR count). The van der Waals surface area contributed by atoms with Crippen LogP contribution in [0.5, 0.6) is 0 Å². The highest BCUT2D eigenvalue weighted by Crippen LogP contribution is 2.36. The number of nitrogens with one attached hydrogen (secondary N) is 1. The SMILES string of the molecule is CN(C)C=Nc1c(Cl)cc(NCc2ccc(N(C)C)cc2F)cc1Cl. The van der Waals surface area contributed by atoms with Gasteiger partial charge in [-0.3, -0.25) is 0 Å². The van der Waals surface area contributed by atoms with Gasteiger partial charge < -0.3 is 15.1 Å². The van der Waals surface area contributed by atoms with E-state index in [4.69, 9.17) is 23.2 Å². The van der Waals surface area contributed by atoms with E-state index in [1.54, 1.807) is 29.4 Å². The Labute approximate surface area is 157 Å². The number of aliphatic imine (C=N–C) groups is 1. The summed E-state index contributed by atoms with van der Waals surface area (Å²) in [6, 6.07) is 8.59. The Balaban J connectivity index is 2.14. The number of benzene rings is 2. The van der Waals surface area contributed by atoms with Gasteiger partial charge in [0.2, 0.25) is 0 Å². The highest BCUT2D eigenvalue weighted by molar-refractivity contribution is 6.39. The molecule has 4 nitrogen and oxygen atoms in total. The van der Waals surface area contributed by atoms with E-state index < -0.39 is 0 Å². The van der Waals surface area contributed by atoms with E-state index >= 15 is 0 Å². The van der Waals surface area contributed by atoms with Crippen molar-refractivity contribution in [2.24, 2.45) is 4.99 Å². The number of hydrogen-bond donors (Lipinski definition) is 1. The van der Waals surface area contributed by atoms with Crippen molar-refractivity contribution in [1.29, 1.82) is 0 Å². The third-order valence-corrected chi connectivity index (χ3v) is 4.05. The molecule has 0 fully saturated rings. The van der Waals surface area contributed by atoms with Crippen LogP contribution in [0, 0.1) is 5.82 Å². The number of rotatable bonds is 6. The molecule has 1 N–H and O–H groups in total. The Hall–Kier alpha value is -1.98. The second kappa shape index (κ2) is 8.41. The Bertz CT molecular complexity index is 753. The molecule has 0 unspecified atom stereocenters. The van der Waals surface area contributed by atoms with E-state index in [1.165, 1.54) is 6.07 Å². The second-order valence-corrected chi connectivity index (χ2v) is 6.83. The molecular formula is C18H21Cl2FN4. The lowest BCUT2D eigenvalue weighted by Crippen LogP contribution is -2.10. The Morgan fingerprint density at radius 1 is 1.08 bits per heavy atom. The lowest BCUT2D eigenvalue weighted by atomic mass is 10.1. The molecule has 0 saturated carbocycles. The third-order valence-electron chi connectivity index (χ3n) is 3.47. The summed E-state index contributed by atoms with van der Waals surface area (Å²) in [5.41, 5.74) is 2.59. The molecule has 0 radical (unpaired) electrons. The molecule has 0 aliphatic carbocycles. The van der Waals surface area contributed by atoms with Crippen molar-refractivity contribution in [3.8, 4) is 0 Å². The molecule has 0 aliphatic heterocycles. The van der Waals surface area contributed by atoms with Gasteiger partial charge in [0.25, 0.3) is 0 Å². The molecule has 0 amide bonds. The van der Waals surface area contributed by atoms with Gasteiger partial charge in [-0.15, -0.1) is 0 Å². The molecule has 0 saturated heterocycles. The molecule has 134 valence electrons. The topological polar surface area (TPSA) is 30.9 Å². The first-order chi connectivity index (χ1) is 11.8. The molecule has 0 atom stereocenters. The average molecular weight is 383 g/mol. The van der Waals surface area contributed by atoms with E-state index in [-0.39, 0.29) is 5.82 Å². The van der Waals surface area contributed by atoms with Gasteiger partial charge in [0, 0.05) is 51.7 Å². The number of anilines is 2. The fourth-order valence-electron chi connectivity index (χ4n) is 2.12. The predicted octanol–water partition coefficient (Wildman–Crippen LogP) is 5.03. The summed E-state index contributed by atoms with van der Waals surface area (Å²) in [6.07, 6.45) is 1.63. The van der Waals surface area contributed by atoms with E-state index in [0.717, 1.165) is 5.69 Å². The number of hydrogen-bond acceptors (Lipinski definition) is 3. The Morgan fingerprint density at radius 2 is 1.72 bits per heavy atom. The monoisotopic (exact) mass is 382 g/mol. The summed E-state index contributed by atoms with van der Waals surface area (Å²) in [5.74, 6) is -0.261. The molecule has 0 aromatic heterocycles. The fourth-order valence-corrected chi connectivity index (χ4v) is 2.70. The third kappa shape index (κ3) is 5.25. The van der Waals surface area contributed by atoms with Gasteiger partial charge in [0.15, 0.2) is 0 Å². The predicted molar refractivity (Wildman–Crippen MR) is 106 cm³/mol. The average Bonchev–Trinajstić information content (AvgIpc) is 2.52. The van der Waals surface area contributed by atoms with Crippen LogP contribution in [0.2, 0.25) is 10.0 Å². The van der Waals surface area contributed by atoms with Crippen LogP contribution in [0.1, 0.15) is 5.56 Å². The zero-order valence-electron chi connectivity index (χ0n) is 14.6. The highest BCUT2D eigenvalue weighted by atomic mass is 35.5. The molecule has 0 aliphatic rings. The second-order valence-electron chi connectivity index (χ2n) is 6.02. The zero-order chi connectivity index (χ0) is 18.6. The van der Waals surface area contributed by atoms with Crippen LogP contribution in [0.4, 0.5) is 21.5 Å². The van der Waals surface area contributed by atoms with E-state index in [0.29, 0.717) is 33.5 Å². The summed E-state index contributed by atoms with van der Waals surface area (Å²) in [4.78, 5) is 7.89. The van der Waals surface area contributed by atoms with Gasteiger partial charge >= 0.3 is 0 Å². The molecule has 2 aromatic carbocycles. The van der Waals surface area contributed by atoms with Gasteiger partial charge in [0.05, 0.1) is 16.4 Å². The summed E-state index contributed by atoms with van der Waals surface area (Å²) >= 11 is 12.5. The van der Waals surface area contributed by atoms with Crippen LogP contribution in [0.3, 0.4) is 0 Å². The summed E-state index contributed by atoms with van der Waals surface area (Å²) in [7, 11) is 7.46. The van der Waals surface area contributed by atoms with Gasteiger partial charge in [0.1, 0.15) is 11.5 Å². The van der Waals surface area contributed by atoms with Gasteiger partial charge in [-0.25, -0.2) is 9.38 Å². The maximum atomic E-state index is 14.2. The summed E-state index contributed by atoms with van der Waals surface area (Å²) in [5, 5.41) is 3.99. The largest absolute Gasteiger partial charge is 0.381 e. The van der Waals surface area contributed by atoms with Crippen molar-refractivity contribution >= 4 is 46.6 Å². The van der Waals surface area contributed by atoms with Crippen molar-refractivity contribution in [2.75, 3.05) is 38.4 Å². The quantitative estimate of drug-likeness (QED) is 0.561. The van der Waals surface area contributed by atoms with E-state index in [9.17, 15) is 4.39 Å². The van der Waals surface area contributed by atoms with Crippen molar-refractivity contribution in [2.45, 2.75) is 6.54 Å². The first-order valence-electron chi connectivity index (χ1n) is 7.67. The number of nitrogens with zero attached hydrogens (tertiary/aromatic N) is 3. The lowest BCUT2D eigenvalue weighted by Gasteiger charge is -2.14. The normalized spacial score (nSPS) is 11.0. The minimum atomic E-state index is -0.261. The molecule has 25 heavy (non-hydrogen) atoms. The molecule has 0 bridgehead atoms. The molecular weight excluding hydrogens is 362 g/mol. The van der Waals surface area contributed by atoms with Gasteiger partial charge in [-0.2, -0.15) is 0 Å². The minimum absolute atomic E-state index is 0.261. The number of halogens is 3. The molecule has 2 aromatic rings. The zero-order valence-corrected chi connectivity index (χ0v) is 16.2. The fraction of sp³-hybridized carbons (Fsp3) is 0.278. The lowest BCUT2D eigenvalue weighted by molar-refractivity contribution is 0.613. The molecule has 0 heterocycles. The maximum absolute atomic E-state index is 14.2. The van der Waals surface area contributed by atoms with Crippen molar-refractivity contribution in [3.05, 3.63) is 51.8 Å². The smallest absolute Gasteiger partial charge is 0.130 e. The molecule has 0 spiro atoms. The first-order valence-corrected chi connectivity index (χ1v) is 8.43. The summed E-state index contributed by atoms with van der Waals surface area (Å²) < 4.78 is 14.2. The van der Waals surface area contributed by atoms with Crippen LogP contribution in [-0.2, 0) is 6.54 Å². The van der Waals surface area contributed by atoms with Crippen LogP contribution in [0.15, 0.2) is 35.3 Å². The highest BCUT2D eigenvalue weighted by Gasteiger charge is 2.09. The van der Waals surface area contributed by atoms with Crippen LogP contribution >= 0.6 is 23.2 Å². The van der Waals surface area contributed by atoms with Crippen molar-refractivity contribution in [3.63, 3.8) is 0 Å². The van der Waals surface area contributed by atoms with Gasteiger partial charge in [-0.1, -0.05) is 29.3 Å². The van der Waals surface area contributed by atoms with Crippen LogP contribution in [0.25, 0.3) is 0 Å². The van der Waals surface area contributed by atoms with Crippen LogP contribution in [-0.4, -0.2) is 39.4 Å². The maximum Gasteiger partial charge on any atom is 0.130 e. The Morgan fingerprint density at radius 3 is 2.24 bits per heavy atom. The van der Waals surface area contributed by atoms with Gasteiger partial charge in [-0.05, 0) is 24.3 Å². The first kappa shape index (κ1) is 19.3. The van der Waals surface area contributed by atoms with E-state index in [2.05, 4.69) is 10.3 Å². The van der Waals surface area contributed by atoms with Crippen LogP contribution < -0.4 is 10.2 Å².